The molecule has 0 aliphatic heterocycles. The summed E-state index contributed by atoms with van der Waals surface area (Å²) < 4.78 is 5.79. The molecule has 6 heteroatoms. The van der Waals surface area contributed by atoms with Gasteiger partial charge in [-0.05, 0) is 37.5 Å². The average Bonchev–Trinajstić information content (AvgIpc) is 2.48. The third-order valence-corrected chi connectivity index (χ3v) is 3.88. The number of carbonyl (C=O) groups is 2. The van der Waals surface area contributed by atoms with E-state index in [9.17, 15) is 9.59 Å². The largest absolute Gasteiger partial charge is 0.491 e. The molecule has 0 unspecified atom stereocenters. The van der Waals surface area contributed by atoms with Crippen molar-refractivity contribution in [3.63, 3.8) is 0 Å². The van der Waals surface area contributed by atoms with Crippen molar-refractivity contribution in [2.45, 2.75) is 52.5 Å². The molecule has 0 saturated carbocycles. The number of hydrogen-bond acceptors (Lipinski definition) is 4. The standard InChI is InChI=1S/C17H27N3O3/c1-5-17(18,6-2)9-10-23-16-8-7-14(19-12(3)21)11-15(16)20-13(4)22/h7-8,11H,5-6,9-10,18H2,1-4H3,(H,19,21)(H,20,22). The molecule has 0 bridgehead atoms. The lowest BCUT2D eigenvalue weighted by Crippen LogP contribution is -2.39. The summed E-state index contributed by atoms with van der Waals surface area (Å²) in [6.45, 7) is 7.44. The molecule has 0 aliphatic carbocycles. The average molecular weight is 321 g/mol. The van der Waals surface area contributed by atoms with E-state index in [0.717, 1.165) is 19.3 Å². The summed E-state index contributed by atoms with van der Waals surface area (Å²) in [6, 6.07) is 5.14. The third kappa shape index (κ3) is 6.28. The lowest BCUT2D eigenvalue weighted by atomic mass is 9.91. The molecule has 0 spiro atoms. The topological polar surface area (TPSA) is 93.4 Å². The Morgan fingerprint density at radius 1 is 1.13 bits per heavy atom. The fourth-order valence-corrected chi connectivity index (χ4v) is 2.19. The number of benzene rings is 1. The second-order valence-corrected chi connectivity index (χ2v) is 5.74. The van der Waals surface area contributed by atoms with E-state index in [1.165, 1.54) is 13.8 Å². The van der Waals surface area contributed by atoms with Crippen molar-refractivity contribution in [1.82, 2.24) is 0 Å². The van der Waals surface area contributed by atoms with Crippen LogP contribution in [0.25, 0.3) is 0 Å². The lowest BCUT2D eigenvalue weighted by molar-refractivity contribution is -0.115. The Morgan fingerprint density at radius 2 is 1.74 bits per heavy atom. The van der Waals surface area contributed by atoms with Crippen LogP contribution < -0.4 is 21.1 Å². The monoisotopic (exact) mass is 321 g/mol. The van der Waals surface area contributed by atoms with Gasteiger partial charge in [-0.2, -0.15) is 0 Å². The molecule has 0 fully saturated rings. The van der Waals surface area contributed by atoms with E-state index in [2.05, 4.69) is 24.5 Å². The van der Waals surface area contributed by atoms with Gasteiger partial charge in [0, 0.05) is 25.1 Å². The van der Waals surface area contributed by atoms with E-state index in [1.54, 1.807) is 18.2 Å². The van der Waals surface area contributed by atoms with Gasteiger partial charge in [0.25, 0.3) is 0 Å². The predicted octanol–water partition coefficient (Wildman–Crippen LogP) is 2.89. The summed E-state index contributed by atoms with van der Waals surface area (Å²) in [5.74, 6) is 0.181. The Hall–Kier alpha value is -2.08. The third-order valence-electron chi connectivity index (χ3n) is 3.88. The van der Waals surface area contributed by atoms with E-state index in [0.29, 0.717) is 23.7 Å². The van der Waals surface area contributed by atoms with Gasteiger partial charge in [0.15, 0.2) is 0 Å². The minimum Gasteiger partial charge on any atom is -0.491 e. The number of hydrogen-bond donors (Lipinski definition) is 3. The molecule has 0 heterocycles. The molecule has 0 atom stereocenters. The summed E-state index contributed by atoms with van der Waals surface area (Å²) in [4.78, 5) is 22.5. The van der Waals surface area contributed by atoms with Crippen LogP contribution in [0.2, 0.25) is 0 Å². The number of anilines is 2. The first kappa shape index (κ1) is 19.0. The van der Waals surface area contributed by atoms with Gasteiger partial charge in [-0.3, -0.25) is 9.59 Å². The van der Waals surface area contributed by atoms with E-state index in [4.69, 9.17) is 10.5 Å². The fourth-order valence-electron chi connectivity index (χ4n) is 2.19. The Balaban J connectivity index is 2.83. The first-order chi connectivity index (χ1) is 10.8. The minimum atomic E-state index is -0.232. The molecule has 0 aliphatic rings. The van der Waals surface area contributed by atoms with E-state index >= 15 is 0 Å². The Morgan fingerprint density at radius 3 is 2.26 bits per heavy atom. The van der Waals surface area contributed by atoms with Crippen molar-refractivity contribution >= 4 is 23.2 Å². The van der Waals surface area contributed by atoms with Gasteiger partial charge in [0.2, 0.25) is 11.8 Å². The van der Waals surface area contributed by atoms with Crippen LogP contribution in [0.5, 0.6) is 5.75 Å². The zero-order valence-electron chi connectivity index (χ0n) is 14.4. The summed E-state index contributed by atoms with van der Waals surface area (Å²) in [5.41, 5.74) is 7.16. The minimum absolute atomic E-state index is 0.175. The molecule has 0 radical (unpaired) electrons. The van der Waals surface area contributed by atoms with Gasteiger partial charge in [0.1, 0.15) is 5.75 Å². The van der Waals surface area contributed by atoms with Crippen LogP contribution in [0.15, 0.2) is 18.2 Å². The fraction of sp³-hybridized carbons (Fsp3) is 0.529. The van der Waals surface area contributed by atoms with Gasteiger partial charge >= 0.3 is 0 Å². The molecular formula is C17H27N3O3. The van der Waals surface area contributed by atoms with Crippen molar-refractivity contribution < 1.29 is 14.3 Å². The van der Waals surface area contributed by atoms with Crippen LogP contribution in [0.1, 0.15) is 47.0 Å². The van der Waals surface area contributed by atoms with Gasteiger partial charge in [-0.15, -0.1) is 0 Å². The maximum atomic E-state index is 11.4. The van der Waals surface area contributed by atoms with Crippen molar-refractivity contribution in [1.29, 1.82) is 0 Å². The summed E-state index contributed by atoms with van der Waals surface area (Å²) in [6.07, 6.45) is 2.49. The Labute approximate surface area is 137 Å². The lowest BCUT2D eigenvalue weighted by Gasteiger charge is -2.26. The molecule has 4 N–H and O–H groups in total. The van der Waals surface area contributed by atoms with Gasteiger partial charge in [-0.25, -0.2) is 0 Å². The maximum absolute atomic E-state index is 11.4. The molecule has 2 amide bonds. The second-order valence-electron chi connectivity index (χ2n) is 5.74. The molecule has 1 rings (SSSR count). The molecule has 1 aromatic carbocycles. The summed E-state index contributed by atoms with van der Waals surface area (Å²) in [7, 11) is 0. The van der Waals surface area contributed by atoms with Crippen molar-refractivity contribution in [2.24, 2.45) is 5.73 Å². The number of ether oxygens (including phenoxy) is 1. The van der Waals surface area contributed by atoms with Gasteiger partial charge < -0.3 is 21.1 Å². The van der Waals surface area contributed by atoms with Crippen LogP contribution in [0.4, 0.5) is 11.4 Å². The van der Waals surface area contributed by atoms with Crippen LogP contribution in [0, 0.1) is 0 Å². The highest BCUT2D eigenvalue weighted by molar-refractivity contribution is 5.93. The number of amides is 2. The zero-order chi connectivity index (χ0) is 17.5. The predicted molar refractivity (Wildman–Crippen MR) is 92.7 cm³/mol. The van der Waals surface area contributed by atoms with Gasteiger partial charge in [0.05, 0.1) is 12.3 Å². The van der Waals surface area contributed by atoms with E-state index in [-0.39, 0.29) is 17.4 Å². The highest BCUT2D eigenvalue weighted by atomic mass is 16.5. The maximum Gasteiger partial charge on any atom is 0.221 e. The smallest absolute Gasteiger partial charge is 0.221 e. The van der Waals surface area contributed by atoms with Crippen molar-refractivity contribution in [3.8, 4) is 5.75 Å². The quantitative estimate of drug-likeness (QED) is 0.686. The number of rotatable bonds is 8. The molecular weight excluding hydrogens is 294 g/mol. The van der Waals surface area contributed by atoms with Crippen LogP contribution in [-0.2, 0) is 9.59 Å². The number of carbonyl (C=O) groups excluding carboxylic acids is 2. The first-order valence-electron chi connectivity index (χ1n) is 7.90. The normalized spacial score (nSPS) is 11.0. The molecule has 0 aromatic heterocycles. The molecule has 128 valence electrons. The highest BCUT2D eigenvalue weighted by Crippen LogP contribution is 2.29. The SMILES string of the molecule is CCC(N)(CC)CCOc1ccc(NC(C)=O)cc1NC(C)=O. The Bertz CT molecular complexity index is 554. The zero-order valence-corrected chi connectivity index (χ0v) is 14.4. The van der Waals surface area contributed by atoms with Crippen molar-refractivity contribution in [3.05, 3.63) is 18.2 Å². The number of nitrogens with two attached hydrogens (primary N) is 1. The van der Waals surface area contributed by atoms with Crippen LogP contribution in [0.3, 0.4) is 0 Å². The molecule has 23 heavy (non-hydrogen) atoms. The molecule has 0 saturated heterocycles. The van der Waals surface area contributed by atoms with Crippen molar-refractivity contribution in [2.75, 3.05) is 17.2 Å². The summed E-state index contributed by atoms with van der Waals surface area (Å²) in [5, 5.41) is 5.39. The van der Waals surface area contributed by atoms with Crippen LogP contribution in [-0.4, -0.2) is 24.0 Å². The van der Waals surface area contributed by atoms with E-state index < -0.39 is 0 Å². The van der Waals surface area contributed by atoms with E-state index in [1.807, 2.05) is 0 Å². The molecule has 6 nitrogen and oxygen atoms in total. The first-order valence-corrected chi connectivity index (χ1v) is 7.90. The highest BCUT2D eigenvalue weighted by Gasteiger charge is 2.20. The van der Waals surface area contributed by atoms with Gasteiger partial charge in [-0.1, -0.05) is 13.8 Å². The van der Waals surface area contributed by atoms with Crippen LogP contribution >= 0.6 is 0 Å². The Kier molecular flexibility index (Phi) is 7.03. The second kappa shape index (κ2) is 8.53. The molecule has 1 aromatic rings. The summed E-state index contributed by atoms with van der Waals surface area (Å²) >= 11 is 0. The number of nitrogens with one attached hydrogen (secondary N) is 2.